The van der Waals surface area contributed by atoms with E-state index in [4.69, 9.17) is 0 Å². The highest BCUT2D eigenvalue weighted by Gasteiger charge is 2.37. The molecule has 0 amide bonds. The molecule has 16 heavy (non-hydrogen) atoms. The first kappa shape index (κ1) is 12.4. The fourth-order valence-electron chi connectivity index (χ4n) is 3.69. The third-order valence-electron chi connectivity index (χ3n) is 4.60. The van der Waals surface area contributed by atoms with Crippen LogP contribution in [-0.4, -0.2) is 35.6 Å². The smallest absolute Gasteiger partial charge is 0.0156 e. The Hall–Kier alpha value is -0.0800. The average molecular weight is 224 g/mol. The van der Waals surface area contributed by atoms with Crippen molar-refractivity contribution in [2.75, 3.05) is 13.1 Å². The number of nitrogens with zero attached hydrogens (tertiary/aromatic N) is 1. The Labute approximate surface area is 101 Å². The van der Waals surface area contributed by atoms with Crippen LogP contribution in [0, 0.1) is 0 Å². The van der Waals surface area contributed by atoms with Crippen molar-refractivity contribution in [3.8, 4) is 0 Å². The highest BCUT2D eigenvalue weighted by atomic mass is 15.2. The minimum absolute atomic E-state index is 0.468. The van der Waals surface area contributed by atoms with E-state index in [2.05, 4.69) is 31.0 Å². The molecule has 1 N–H and O–H groups in total. The monoisotopic (exact) mass is 224 g/mol. The second-order valence-electron chi connectivity index (χ2n) is 6.17. The van der Waals surface area contributed by atoms with Gasteiger partial charge in [0.15, 0.2) is 0 Å². The Balaban J connectivity index is 1.84. The van der Waals surface area contributed by atoms with E-state index in [1.165, 1.54) is 45.1 Å². The maximum absolute atomic E-state index is 3.60. The van der Waals surface area contributed by atoms with Crippen LogP contribution in [-0.2, 0) is 0 Å². The van der Waals surface area contributed by atoms with Gasteiger partial charge in [0.2, 0.25) is 0 Å². The van der Waals surface area contributed by atoms with Crippen molar-refractivity contribution in [3.05, 3.63) is 0 Å². The molecule has 0 unspecified atom stereocenters. The van der Waals surface area contributed by atoms with Crippen LogP contribution < -0.4 is 5.32 Å². The Morgan fingerprint density at radius 2 is 1.88 bits per heavy atom. The van der Waals surface area contributed by atoms with Gasteiger partial charge in [0.1, 0.15) is 0 Å². The van der Waals surface area contributed by atoms with Gasteiger partial charge in [-0.15, -0.1) is 0 Å². The summed E-state index contributed by atoms with van der Waals surface area (Å²) < 4.78 is 0. The fraction of sp³-hybridized carbons (Fsp3) is 1.00. The van der Waals surface area contributed by atoms with Crippen molar-refractivity contribution < 1.29 is 0 Å². The van der Waals surface area contributed by atoms with Gasteiger partial charge in [-0.1, -0.05) is 6.92 Å². The fourth-order valence-corrected chi connectivity index (χ4v) is 3.69. The van der Waals surface area contributed by atoms with E-state index in [1.807, 2.05) is 0 Å². The zero-order valence-electron chi connectivity index (χ0n) is 11.3. The van der Waals surface area contributed by atoms with Crippen molar-refractivity contribution in [2.24, 2.45) is 0 Å². The summed E-state index contributed by atoms with van der Waals surface area (Å²) in [6.45, 7) is 9.54. The lowest BCUT2D eigenvalue weighted by Crippen LogP contribution is -2.48. The van der Waals surface area contributed by atoms with Crippen LogP contribution in [0.2, 0.25) is 0 Å². The van der Waals surface area contributed by atoms with Crippen LogP contribution in [0.4, 0.5) is 0 Å². The maximum atomic E-state index is 3.60. The molecule has 0 radical (unpaired) electrons. The first-order valence-corrected chi connectivity index (χ1v) is 7.13. The molecule has 0 atom stereocenters. The lowest BCUT2D eigenvalue weighted by atomic mass is 9.88. The molecule has 0 aromatic heterocycles. The Bertz CT molecular complexity index is 217. The molecule has 94 valence electrons. The SMILES string of the molecule is CCNC1CCC(N2CCCC2(C)C)CC1. The lowest BCUT2D eigenvalue weighted by molar-refractivity contribution is 0.0828. The van der Waals surface area contributed by atoms with Crippen LogP contribution in [0.15, 0.2) is 0 Å². The number of nitrogens with one attached hydrogen (secondary N) is 1. The topological polar surface area (TPSA) is 15.3 Å². The minimum Gasteiger partial charge on any atom is -0.314 e. The number of rotatable bonds is 3. The first-order chi connectivity index (χ1) is 7.63. The van der Waals surface area contributed by atoms with Crippen molar-refractivity contribution in [2.45, 2.75) is 76.9 Å². The van der Waals surface area contributed by atoms with Gasteiger partial charge >= 0.3 is 0 Å². The molecule has 2 fully saturated rings. The van der Waals surface area contributed by atoms with Gasteiger partial charge in [0.25, 0.3) is 0 Å². The molecule has 2 heteroatoms. The van der Waals surface area contributed by atoms with Crippen LogP contribution in [0.3, 0.4) is 0 Å². The molecule has 1 saturated heterocycles. The van der Waals surface area contributed by atoms with Crippen molar-refractivity contribution in [1.82, 2.24) is 10.2 Å². The molecule has 1 aliphatic carbocycles. The molecule has 2 nitrogen and oxygen atoms in total. The summed E-state index contributed by atoms with van der Waals surface area (Å²) in [5.74, 6) is 0. The maximum Gasteiger partial charge on any atom is 0.0156 e. The largest absolute Gasteiger partial charge is 0.314 e. The third kappa shape index (κ3) is 2.60. The molecule has 1 saturated carbocycles. The van der Waals surface area contributed by atoms with Crippen molar-refractivity contribution >= 4 is 0 Å². The summed E-state index contributed by atoms with van der Waals surface area (Å²) >= 11 is 0. The highest BCUT2D eigenvalue weighted by Crippen LogP contribution is 2.35. The molecular weight excluding hydrogens is 196 g/mol. The van der Waals surface area contributed by atoms with E-state index in [1.54, 1.807) is 0 Å². The quantitative estimate of drug-likeness (QED) is 0.793. The standard InChI is InChI=1S/C14H28N2/c1-4-15-12-6-8-13(9-7-12)16-11-5-10-14(16,2)3/h12-13,15H,4-11H2,1-3H3. The molecule has 0 spiro atoms. The van der Waals surface area contributed by atoms with Crippen LogP contribution >= 0.6 is 0 Å². The van der Waals surface area contributed by atoms with Gasteiger partial charge in [0.05, 0.1) is 0 Å². The van der Waals surface area contributed by atoms with Gasteiger partial charge in [-0.05, 0) is 65.5 Å². The highest BCUT2D eigenvalue weighted by molar-refractivity contribution is 4.94. The van der Waals surface area contributed by atoms with Gasteiger partial charge in [0, 0.05) is 17.6 Å². The van der Waals surface area contributed by atoms with E-state index in [9.17, 15) is 0 Å². The summed E-state index contributed by atoms with van der Waals surface area (Å²) in [4.78, 5) is 2.79. The molecule has 0 aromatic carbocycles. The predicted molar refractivity (Wildman–Crippen MR) is 69.7 cm³/mol. The molecule has 0 aromatic rings. The Kier molecular flexibility index (Phi) is 3.91. The normalized spacial score (nSPS) is 35.4. The van der Waals surface area contributed by atoms with Crippen LogP contribution in [0.1, 0.15) is 59.3 Å². The van der Waals surface area contributed by atoms with Crippen LogP contribution in [0.25, 0.3) is 0 Å². The minimum atomic E-state index is 0.468. The van der Waals surface area contributed by atoms with Gasteiger partial charge in [-0.25, -0.2) is 0 Å². The van der Waals surface area contributed by atoms with E-state index in [-0.39, 0.29) is 0 Å². The third-order valence-corrected chi connectivity index (χ3v) is 4.60. The Morgan fingerprint density at radius 3 is 2.38 bits per heavy atom. The molecular formula is C14H28N2. The number of likely N-dealkylation sites (tertiary alicyclic amines) is 1. The van der Waals surface area contributed by atoms with E-state index in [0.717, 1.165) is 18.6 Å². The van der Waals surface area contributed by atoms with Gasteiger partial charge in [-0.3, -0.25) is 4.90 Å². The summed E-state index contributed by atoms with van der Waals surface area (Å²) in [7, 11) is 0. The second-order valence-corrected chi connectivity index (χ2v) is 6.17. The molecule has 1 heterocycles. The lowest BCUT2D eigenvalue weighted by Gasteiger charge is -2.42. The zero-order chi connectivity index (χ0) is 11.6. The van der Waals surface area contributed by atoms with Gasteiger partial charge < -0.3 is 5.32 Å². The number of hydrogen-bond donors (Lipinski definition) is 1. The van der Waals surface area contributed by atoms with Crippen molar-refractivity contribution in [1.29, 1.82) is 0 Å². The first-order valence-electron chi connectivity index (χ1n) is 7.13. The van der Waals surface area contributed by atoms with E-state index < -0.39 is 0 Å². The Morgan fingerprint density at radius 1 is 1.19 bits per heavy atom. The van der Waals surface area contributed by atoms with Gasteiger partial charge in [-0.2, -0.15) is 0 Å². The second kappa shape index (κ2) is 5.05. The zero-order valence-corrected chi connectivity index (χ0v) is 11.3. The summed E-state index contributed by atoms with van der Waals surface area (Å²) in [5, 5.41) is 3.60. The molecule has 2 rings (SSSR count). The number of hydrogen-bond acceptors (Lipinski definition) is 2. The molecule has 1 aliphatic heterocycles. The summed E-state index contributed by atoms with van der Waals surface area (Å²) in [5.41, 5.74) is 0.468. The average Bonchev–Trinajstić information content (AvgIpc) is 2.60. The summed E-state index contributed by atoms with van der Waals surface area (Å²) in [6, 6.07) is 1.67. The molecule has 0 bridgehead atoms. The van der Waals surface area contributed by atoms with Crippen molar-refractivity contribution in [3.63, 3.8) is 0 Å². The van der Waals surface area contributed by atoms with Crippen LogP contribution in [0.5, 0.6) is 0 Å². The van der Waals surface area contributed by atoms with E-state index >= 15 is 0 Å². The van der Waals surface area contributed by atoms with E-state index in [0.29, 0.717) is 5.54 Å². The predicted octanol–water partition coefficient (Wildman–Crippen LogP) is 2.78. The molecule has 2 aliphatic rings. The summed E-state index contributed by atoms with van der Waals surface area (Å²) in [6.07, 6.45) is 8.36.